The van der Waals surface area contributed by atoms with Gasteiger partial charge in [-0.2, -0.15) is 0 Å². The largest absolute Gasteiger partial charge is 0.458 e. The second-order valence-electron chi connectivity index (χ2n) is 8.07. The zero-order valence-corrected chi connectivity index (χ0v) is 15.4. The molecular formula is C17H32N2O4. The summed E-state index contributed by atoms with van der Waals surface area (Å²) < 4.78 is 10.7. The van der Waals surface area contributed by atoms with Gasteiger partial charge in [-0.25, -0.2) is 9.59 Å². The van der Waals surface area contributed by atoms with Crippen LogP contribution < -0.4 is 5.32 Å². The van der Waals surface area contributed by atoms with Crippen LogP contribution in [0, 0.1) is 0 Å². The summed E-state index contributed by atoms with van der Waals surface area (Å²) in [6, 6.07) is -0.690. The molecule has 1 N–H and O–H groups in total. The Labute approximate surface area is 139 Å². The fourth-order valence-electron chi connectivity index (χ4n) is 2.39. The van der Waals surface area contributed by atoms with Gasteiger partial charge in [-0.3, -0.25) is 0 Å². The summed E-state index contributed by atoms with van der Waals surface area (Å²) in [6.07, 6.45) is 2.32. The summed E-state index contributed by atoms with van der Waals surface area (Å²) in [4.78, 5) is 26.6. The first-order valence-corrected chi connectivity index (χ1v) is 8.41. The average Bonchev–Trinajstić information content (AvgIpc) is 2.82. The van der Waals surface area contributed by atoms with E-state index < -0.39 is 29.3 Å². The van der Waals surface area contributed by atoms with Gasteiger partial charge in [-0.1, -0.05) is 0 Å². The first-order valence-electron chi connectivity index (χ1n) is 8.41. The van der Waals surface area contributed by atoms with Crippen molar-refractivity contribution in [3.05, 3.63) is 0 Å². The molecule has 1 amide bonds. The van der Waals surface area contributed by atoms with Gasteiger partial charge in [-0.15, -0.1) is 0 Å². The van der Waals surface area contributed by atoms with Crippen LogP contribution in [0.4, 0.5) is 4.79 Å². The lowest BCUT2D eigenvalue weighted by atomic mass is 10.1. The highest BCUT2D eigenvalue weighted by Crippen LogP contribution is 2.13. The fourth-order valence-corrected chi connectivity index (χ4v) is 2.39. The van der Waals surface area contributed by atoms with Crippen LogP contribution in [0.3, 0.4) is 0 Å². The highest BCUT2D eigenvalue weighted by molar-refractivity contribution is 5.81. The van der Waals surface area contributed by atoms with Crippen LogP contribution in [0.15, 0.2) is 0 Å². The molecule has 0 aromatic heterocycles. The van der Waals surface area contributed by atoms with E-state index in [4.69, 9.17) is 9.47 Å². The summed E-state index contributed by atoms with van der Waals surface area (Å²) in [5.41, 5.74) is -1.18. The van der Waals surface area contributed by atoms with Gasteiger partial charge < -0.3 is 19.7 Å². The van der Waals surface area contributed by atoms with Crippen LogP contribution in [-0.2, 0) is 14.3 Å². The van der Waals surface area contributed by atoms with Gasteiger partial charge in [0.15, 0.2) is 0 Å². The van der Waals surface area contributed by atoms with Crippen molar-refractivity contribution in [3.8, 4) is 0 Å². The van der Waals surface area contributed by atoms with Crippen molar-refractivity contribution in [3.63, 3.8) is 0 Å². The number of nitrogens with zero attached hydrogens (tertiary/aromatic N) is 1. The van der Waals surface area contributed by atoms with Gasteiger partial charge in [-0.05, 0) is 73.9 Å². The smallest absolute Gasteiger partial charge is 0.408 e. The molecule has 6 nitrogen and oxygen atoms in total. The lowest BCUT2D eigenvalue weighted by Crippen LogP contribution is -2.47. The van der Waals surface area contributed by atoms with Crippen molar-refractivity contribution in [2.24, 2.45) is 0 Å². The molecule has 0 aromatic carbocycles. The van der Waals surface area contributed by atoms with Gasteiger partial charge in [0.1, 0.15) is 17.2 Å². The SMILES string of the molecule is CC(C)(C)OC(=O)N[C@@H](CCN1CCCC1)C(=O)OC(C)(C)C. The summed E-state index contributed by atoms with van der Waals surface area (Å²) >= 11 is 0. The van der Waals surface area contributed by atoms with Crippen molar-refractivity contribution < 1.29 is 19.1 Å². The Morgan fingerprint density at radius 1 is 1.00 bits per heavy atom. The molecule has 6 heteroatoms. The van der Waals surface area contributed by atoms with Crippen LogP contribution in [0.2, 0.25) is 0 Å². The minimum atomic E-state index is -0.690. The third kappa shape index (κ3) is 8.79. The molecule has 0 unspecified atom stereocenters. The minimum absolute atomic E-state index is 0.414. The first kappa shape index (κ1) is 19.7. The van der Waals surface area contributed by atoms with Crippen molar-refractivity contribution in [2.45, 2.75) is 78.0 Å². The molecule has 1 atom stereocenters. The number of esters is 1. The second-order valence-corrected chi connectivity index (χ2v) is 8.07. The summed E-state index contributed by atoms with van der Waals surface area (Å²) in [6.45, 7) is 13.7. The van der Waals surface area contributed by atoms with Crippen molar-refractivity contribution in [1.82, 2.24) is 10.2 Å². The Balaban J connectivity index is 2.62. The van der Waals surface area contributed by atoms with Crippen LogP contribution in [-0.4, -0.2) is 53.8 Å². The van der Waals surface area contributed by atoms with Crippen molar-refractivity contribution in [1.29, 1.82) is 0 Å². The maximum atomic E-state index is 12.4. The zero-order valence-electron chi connectivity index (χ0n) is 15.4. The third-order valence-electron chi connectivity index (χ3n) is 3.31. The number of carbonyl (C=O) groups excluding carboxylic acids is 2. The van der Waals surface area contributed by atoms with Crippen LogP contribution in [0.25, 0.3) is 0 Å². The molecule has 23 heavy (non-hydrogen) atoms. The Hall–Kier alpha value is -1.30. The van der Waals surface area contributed by atoms with Crippen LogP contribution in [0.5, 0.6) is 0 Å². The summed E-state index contributed by atoms with van der Waals surface area (Å²) in [5, 5.41) is 2.66. The fraction of sp³-hybridized carbons (Fsp3) is 0.882. The Kier molecular flexibility index (Phi) is 6.86. The van der Waals surface area contributed by atoms with Crippen LogP contribution in [0.1, 0.15) is 60.8 Å². The molecule has 1 rings (SSSR count). The third-order valence-corrected chi connectivity index (χ3v) is 3.31. The van der Waals surface area contributed by atoms with Crippen molar-refractivity contribution >= 4 is 12.1 Å². The van der Waals surface area contributed by atoms with Gasteiger partial charge in [0.05, 0.1) is 0 Å². The van der Waals surface area contributed by atoms with Gasteiger partial charge in [0, 0.05) is 6.54 Å². The maximum Gasteiger partial charge on any atom is 0.408 e. The van der Waals surface area contributed by atoms with E-state index in [9.17, 15) is 9.59 Å². The van der Waals surface area contributed by atoms with Crippen LogP contribution >= 0.6 is 0 Å². The molecule has 0 bridgehead atoms. The summed E-state index contributed by atoms with van der Waals surface area (Å²) in [5.74, 6) is -0.414. The number of carbonyl (C=O) groups is 2. The quantitative estimate of drug-likeness (QED) is 0.786. The number of ether oxygens (including phenoxy) is 2. The van der Waals surface area contributed by atoms with E-state index >= 15 is 0 Å². The van der Waals surface area contributed by atoms with E-state index in [0.717, 1.165) is 19.6 Å². The first-order chi connectivity index (χ1) is 10.5. The highest BCUT2D eigenvalue weighted by atomic mass is 16.6. The Morgan fingerprint density at radius 2 is 1.52 bits per heavy atom. The van der Waals surface area contributed by atoms with Gasteiger partial charge >= 0.3 is 12.1 Å². The van der Waals surface area contributed by atoms with Gasteiger partial charge in [0.2, 0.25) is 0 Å². The number of rotatable bonds is 5. The van der Waals surface area contributed by atoms with Crippen molar-refractivity contribution in [2.75, 3.05) is 19.6 Å². The number of nitrogens with one attached hydrogen (secondary N) is 1. The average molecular weight is 328 g/mol. The monoisotopic (exact) mass is 328 g/mol. The molecule has 1 aliphatic heterocycles. The predicted molar refractivity (Wildman–Crippen MR) is 89.3 cm³/mol. The lowest BCUT2D eigenvalue weighted by Gasteiger charge is -2.27. The van der Waals surface area contributed by atoms with Gasteiger partial charge in [0.25, 0.3) is 0 Å². The van der Waals surface area contributed by atoms with E-state index in [0.29, 0.717) is 6.42 Å². The molecule has 0 aromatic rings. The molecule has 0 aliphatic carbocycles. The van der Waals surface area contributed by atoms with E-state index in [-0.39, 0.29) is 0 Å². The molecule has 1 heterocycles. The summed E-state index contributed by atoms with van der Waals surface area (Å²) in [7, 11) is 0. The van der Waals surface area contributed by atoms with E-state index in [2.05, 4.69) is 10.2 Å². The number of hydrogen-bond donors (Lipinski definition) is 1. The number of hydrogen-bond acceptors (Lipinski definition) is 5. The second kappa shape index (κ2) is 7.99. The minimum Gasteiger partial charge on any atom is -0.458 e. The Bertz CT molecular complexity index is 404. The van der Waals surface area contributed by atoms with E-state index in [1.807, 2.05) is 20.8 Å². The molecule has 1 saturated heterocycles. The standard InChI is InChI=1S/C17H32N2O4/c1-16(2,3)22-14(20)13(9-12-19-10-7-8-11-19)18-15(21)23-17(4,5)6/h13H,7-12H2,1-6H3,(H,18,21)/t13-/m0/s1. The van der Waals surface area contributed by atoms with E-state index in [1.165, 1.54) is 12.8 Å². The number of amides is 1. The molecule has 1 aliphatic rings. The molecule has 134 valence electrons. The maximum absolute atomic E-state index is 12.4. The number of alkyl carbamates (subject to hydrolysis) is 1. The molecule has 0 radical (unpaired) electrons. The molecule has 0 spiro atoms. The topological polar surface area (TPSA) is 67.9 Å². The zero-order chi connectivity index (χ0) is 17.7. The predicted octanol–water partition coefficient (Wildman–Crippen LogP) is 2.71. The highest BCUT2D eigenvalue weighted by Gasteiger charge is 2.29. The number of likely N-dealkylation sites (tertiary alicyclic amines) is 1. The normalized spacial score (nSPS) is 17.7. The molecule has 0 saturated carbocycles. The van der Waals surface area contributed by atoms with E-state index in [1.54, 1.807) is 20.8 Å². The lowest BCUT2D eigenvalue weighted by molar-refractivity contribution is -0.157. The Morgan fingerprint density at radius 3 is 2.00 bits per heavy atom. The molecular weight excluding hydrogens is 296 g/mol. The molecule has 1 fully saturated rings.